The molecule has 116 valence electrons. The average molecular weight is 360 g/mol. The van der Waals surface area contributed by atoms with E-state index >= 15 is 0 Å². The Morgan fingerprint density at radius 2 is 1.81 bits per heavy atom. The monoisotopic (exact) mass is 359 g/mol. The Hall–Kier alpha value is -0.680. The van der Waals surface area contributed by atoms with E-state index in [4.69, 9.17) is 4.74 Å². The Morgan fingerprint density at radius 3 is 2.48 bits per heavy atom. The lowest BCUT2D eigenvalue weighted by molar-refractivity contribution is -0.103. The smallest absolute Gasteiger partial charge is 0.150 e. The highest BCUT2D eigenvalue weighted by molar-refractivity contribution is 9.10. The molecule has 0 aromatic heterocycles. The van der Waals surface area contributed by atoms with E-state index in [0.29, 0.717) is 11.1 Å². The molecule has 0 amide bonds. The molecule has 2 aliphatic rings. The first-order valence-electron chi connectivity index (χ1n) is 7.63. The molecule has 21 heavy (non-hydrogen) atoms. The molecular formula is C16H20BrF2NO. The Labute approximate surface area is 132 Å². The molecule has 1 aromatic carbocycles. The highest BCUT2D eigenvalue weighted by Gasteiger charge is 2.38. The first kappa shape index (κ1) is 15.2. The molecule has 1 unspecified atom stereocenters. The largest absolute Gasteiger partial charge is 0.377 e. The van der Waals surface area contributed by atoms with Crippen molar-refractivity contribution in [2.24, 2.45) is 0 Å². The van der Waals surface area contributed by atoms with Gasteiger partial charge in [0.25, 0.3) is 0 Å². The second-order valence-corrected chi connectivity index (χ2v) is 7.09. The minimum absolute atomic E-state index is 0.0175. The van der Waals surface area contributed by atoms with Gasteiger partial charge in [0, 0.05) is 17.1 Å². The molecule has 1 saturated heterocycles. The zero-order valence-corrected chi connectivity index (χ0v) is 13.5. The molecular weight excluding hydrogens is 340 g/mol. The maximum absolute atomic E-state index is 13.9. The summed E-state index contributed by atoms with van der Waals surface area (Å²) in [5, 5.41) is 3.07. The van der Waals surface area contributed by atoms with E-state index in [1.807, 2.05) is 0 Å². The normalized spacial score (nSPS) is 25.0. The molecule has 1 heterocycles. The second-order valence-electron chi connectivity index (χ2n) is 6.17. The van der Waals surface area contributed by atoms with Crippen molar-refractivity contribution in [2.75, 3.05) is 11.9 Å². The fraction of sp³-hybridized carbons (Fsp3) is 0.625. The number of nitrogens with one attached hydrogen (secondary N) is 1. The standard InChI is InChI=1S/C16H20BrF2NO/c17-11-8-13(18)15(14(19)9-11)20-12-4-7-21-16(10-12)5-2-1-3-6-16/h8-9,12,20H,1-7,10H2. The predicted molar refractivity (Wildman–Crippen MR) is 82.5 cm³/mol. The van der Waals surface area contributed by atoms with Gasteiger partial charge in [-0.2, -0.15) is 0 Å². The fourth-order valence-electron chi connectivity index (χ4n) is 3.58. The number of hydrogen-bond donors (Lipinski definition) is 1. The van der Waals surface area contributed by atoms with Gasteiger partial charge in [-0.3, -0.25) is 0 Å². The van der Waals surface area contributed by atoms with E-state index in [1.54, 1.807) is 0 Å². The predicted octanol–water partition coefficient (Wildman–Crippen LogP) is 5.02. The SMILES string of the molecule is Fc1cc(Br)cc(F)c1NC1CCOC2(CCCCC2)C1. The van der Waals surface area contributed by atoms with E-state index in [0.717, 1.165) is 25.7 Å². The molecule has 3 rings (SSSR count). The maximum Gasteiger partial charge on any atom is 0.150 e. The Morgan fingerprint density at radius 1 is 1.14 bits per heavy atom. The second kappa shape index (κ2) is 6.21. The van der Waals surface area contributed by atoms with Crippen molar-refractivity contribution in [3.8, 4) is 0 Å². The number of hydrogen-bond acceptors (Lipinski definition) is 2. The number of rotatable bonds is 2. The van der Waals surface area contributed by atoms with Crippen LogP contribution in [0.1, 0.15) is 44.9 Å². The van der Waals surface area contributed by atoms with Gasteiger partial charge < -0.3 is 10.1 Å². The average Bonchev–Trinajstić information content (AvgIpc) is 2.44. The Bertz CT molecular complexity index is 488. The summed E-state index contributed by atoms with van der Waals surface area (Å²) in [5.74, 6) is -1.10. The van der Waals surface area contributed by atoms with Gasteiger partial charge in [0.15, 0.2) is 0 Å². The van der Waals surface area contributed by atoms with E-state index in [-0.39, 0.29) is 17.3 Å². The molecule has 0 radical (unpaired) electrons. The van der Waals surface area contributed by atoms with Crippen LogP contribution in [0.3, 0.4) is 0 Å². The number of benzene rings is 1. The van der Waals surface area contributed by atoms with Crippen LogP contribution in [0.25, 0.3) is 0 Å². The van der Waals surface area contributed by atoms with Crippen molar-refractivity contribution in [1.82, 2.24) is 0 Å². The van der Waals surface area contributed by atoms with E-state index in [1.165, 1.54) is 31.4 Å². The van der Waals surface area contributed by atoms with Crippen molar-refractivity contribution in [3.63, 3.8) is 0 Å². The van der Waals surface area contributed by atoms with Crippen LogP contribution in [0.15, 0.2) is 16.6 Å². The summed E-state index contributed by atoms with van der Waals surface area (Å²) in [4.78, 5) is 0. The van der Waals surface area contributed by atoms with Gasteiger partial charge in [0.2, 0.25) is 0 Å². The zero-order valence-electron chi connectivity index (χ0n) is 11.9. The van der Waals surface area contributed by atoms with Crippen LogP contribution in [0.5, 0.6) is 0 Å². The minimum atomic E-state index is -0.550. The summed E-state index contributed by atoms with van der Waals surface area (Å²) in [6.07, 6.45) is 7.40. The zero-order chi connectivity index (χ0) is 14.9. The van der Waals surface area contributed by atoms with Crippen LogP contribution in [0.4, 0.5) is 14.5 Å². The Kier molecular flexibility index (Phi) is 4.50. The van der Waals surface area contributed by atoms with E-state index in [9.17, 15) is 8.78 Å². The highest BCUT2D eigenvalue weighted by atomic mass is 79.9. The van der Waals surface area contributed by atoms with Crippen molar-refractivity contribution < 1.29 is 13.5 Å². The maximum atomic E-state index is 13.9. The lowest BCUT2D eigenvalue weighted by atomic mass is 9.78. The fourth-order valence-corrected chi connectivity index (χ4v) is 3.98. The van der Waals surface area contributed by atoms with Gasteiger partial charge in [-0.15, -0.1) is 0 Å². The molecule has 2 nitrogen and oxygen atoms in total. The molecule has 1 saturated carbocycles. The molecule has 1 aliphatic heterocycles. The topological polar surface area (TPSA) is 21.3 Å². The van der Waals surface area contributed by atoms with Gasteiger partial charge in [-0.25, -0.2) is 8.78 Å². The molecule has 1 atom stereocenters. The molecule has 2 fully saturated rings. The van der Waals surface area contributed by atoms with Crippen LogP contribution in [0.2, 0.25) is 0 Å². The van der Waals surface area contributed by atoms with Crippen LogP contribution < -0.4 is 5.32 Å². The van der Waals surface area contributed by atoms with Crippen molar-refractivity contribution in [1.29, 1.82) is 0 Å². The highest BCUT2D eigenvalue weighted by Crippen LogP contribution is 2.39. The summed E-state index contributed by atoms with van der Waals surface area (Å²) in [6, 6.07) is 2.66. The third-order valence-electron chi connectivity index (χ3n) is 4.61. The summed E-state index contributed by atoms with van der Waals surface area (Å²) < 4.78 is 34.3. The van der Waals surface area contributed by atoms with E-state index < -0.39 is 11.6 Å². The molecule has 1 N–H and O–H groups in total. The van der Waals surface area contributed by atoms with Gasteiger partial charge in [0.05, 0.1) is 5.60 Å². The molecule has 1 aliphatic carbocycles. The van der Waals surface area contributed by atoms with Crippen LogP contribution >= 0.6 is 15.9 Å². The van der Waals surface area contributed by atoms with Gasteiger partial charge in [-0.05, 0) is 37.8 Å². The minimum Gasteiger partial charge on any atom is -0.377 e. The molecule has 1 aromatic rings. The first-order chi connectivity index (χ1) is 10.1. The third kappa shape index (κ3) is 3.39. The lowest BCUT2D eigenvalue weighted by Crippen LogP contribution is -2.45. The van der Waals surface area contributed by atoms with Crippen LogP contribution in [-0.4, -0.2) is 18.2 Å². The quantitative estimate of drug-likeness (QED) is 0.800. The van der Waals surface area contributed by atoms with Gasteiger partial charge in [0.1, 0.15) is 17.3 Å². The summed E-state index contributed by atoms with van der Waals surface area (Å²) in [5.41, 5.74) is -0.0905. The number of anilines is 1. The summed E-state index contributed by atoms with van der Waals surface area (Å²) >= 11 is 3.10. The lowest BCUT2D eigenvalue weighted by Gasteiger charge is -2.44. The Balaban J connectivity index is 1.73. The van der Waals surface area contributed by atoms with Crippen molar-refractivity contribution in [3.05, 3.63) is 28.2 Å². The molecule has 1 spiro atoms. The van der Waals surface area contributed by atoms with Crippen LogP contribution in [-0.2, 0) is 4.74 Å². The number of ether oxygens (including phenoxy) is 1. The summed E-state index contributed by atoms with van der Waals surface area (Å²) in [6.45, 7) is 0.664. The van der Waals surface area contributed by atoms with Gasteiger partial charge >= 0.3 is 0 Å². The van der Waals surface area contributed by atoms with Crippen molar-refractivity contribution >= 4 is 21.6 Å². The number of halogens is 3. The van der Waals surface area contributed by atoms with Gasteiger partial charge in [-0.1, -0.05) is 35.2 Å². The molecule has 0 bridgehead atoms. The summed E-state index contributed by atoms with van der Waals surface area (Å²) in [7, 11) is 0. The first-order valence-corrected chi connectivity index (χ1v) is 8.42. The van der Waals surface area contributed by atoms with E-state index in [2.05, 4.69) is 21.2 Å². The van der Waals surface area contributed by atoms with Crippen LogP contribution in [0, 0.1) is 11.6 Å². The molecule has 5 heteroatoms. The third-order valence-corrected chi connectivity index (χ3v) is 5.07. The van der Waals surface area contributed by atoms with Crippen molar-refractivity contribution in [2.45, 2.75) is 56.6 Å².